The third-order valence-corrected chi connectivity index (χ3v) is 4.99. The van der Waals surface area contributed by atoms with E-state index in [9.17, 15) is 14.0 Å². The van der Waals surface area contributed by atoms with E-state index in [1.807, 2.05) is 38.1 Å². The largest absolute Gasteiger partial charge is 0.459 e. The molecule has 2 unspecified atom stereocenters. The van der Waals surface area contributed by atoms with Gasteiger partial charge in [0.25, 0.3) is 0 Å². The van der Waals surface area contributed by atoms with Crippen molar-refractivity contribution in [3.8, 4) is 0 Å². The summed E-state index contributed by atoms with van der Waals surface area (Å²) in [6, 6.07) is 3.83. The van der Waals surface area contributed by atoms with Gasteiger partial charge in [-0.15, -0.1) is 0 Å². The summed E-state index contributed by atoms with van der Waals surface area (Å²) in [5.74, 6) is -3.11. The first kappa shape index (κ1) is 21.4. The van der Waals surface area contributed by atoms with Gasteiger partial charge in [0.15, 0.2) is 17.7 Å². The lowest BCUT2D eigenvalue weighted by atomic mass is 9.97. The first-order valence-electron chi connectivity index (χ1n) is 9.81. The molecule has 29 heavy (non-hydrogen) atoms. The number of hydrogen-bond acceptors (Lipinski definition) is 5. The van der Waals surface area contributed by atoms with E-state index >= 15 is 0 Å². The molecule has 0 N–H and O–H groups in total. The Morgan fingerprint density at radius 2 is 1.83 bits per heavy atom. The molecule has 6 heteroatoms. The zero-order chi connectivity index (χ0) is 21.3. The molecule has 0 spiro atoms. The standard InChI is InChI=1S/C23H27FO5/c1-13-11-14(2)19-16(12-13)7-6-8-18-21(29-23(4,5)28-18)20(25)17(24)10-9-15(3)27-22(19)26/h6-7,10-12,15,18,21H,8-9H2,1-5H3/b7-6+,17-10?/t15?,18-,21?/m0/s1. The number of esters is 1. The molecule has 156 valence electrons. The van der Waals surface area contributed by atoms with Gasteiger partial charge in [0, 0.05) is 6.42 Å². The lowest BCUT2D eigenvalue weighted by Crippen LogP contribution is -2.32. The molecule has 0 aliphatic carbocycles. The van der Waals surface area contributed by atoms with Gasteiger partial charge in [-0.25, -0.2) is 9.18 Å². The topological polar surface area (TPSA) is 61.8 Å². The second-order valence-corrected chi connectivity index (χ2v) is 8.15. The summed E-state index contributed by atoms with van der Waals surface area (Å²) in [5.41, 5.74) is 3.05. The van der Waals surface area contributed by atoms with Gasteiger partial charge in [0.05, 0.1) is 11.7 Å². The summed E-state index contributed by atoms with van der Waals surface area (Å²) >= 11 is 0. The molecule has 5 nitrogen and oxygen atoms in total. The lowest BCUT2D eigenvalue weighted by Gasteiger charge is -2.17. The van der Waals surface area contributed by atoms with Gasteiger partial charge in [0.1, 0.15) is 6.10 Å². The molecule has 0 radical (unpaired) electrons. The maximum absolute atomic E-state index is 14.5. The third kappa shape index (κ3) is 4.82. The molecule has 3 atom stereocenters. The Labute approximate surface area is 170 Å². The normalized spacial score (nSPS) is 28.6. The molecule has 2 aliphatic rings. The molecule has 0 aromatic heterocycles. The van der Waals surface area contributed by atoms with Crippen LogP contribution in [0.15, 0.2) is 30.1 Å². The second kappa shape index (κ2) is 8.20. The first-order valence-corrected chi connectivity index (χ1v) is 9.81. The number of ether oxygens (including phenoxy) is 3. The van der Waals surface area contributed by atoms with Crippen LogP contribution in [0.5, 0.6) is 0 Å². The highest BCUT2D eigenvalue weighted by Gasteiger charge is 2.45. The van der Waals surface area contributed by atoms with Crippen LogP contribution in [0.1, 0.15) is 60.7 Å². The molecule has 0 amide bonds. The molecule has 2 aliphatic heterocycles. The van der Waals surface area contributed by atoms with E-state index in [1.54, 1.807) is 20.8 Å². The van der Waals surface area contributed by atoms with Gasteiger partial charge in [0.2, 0.25) is 5.78 Å². The lowest BCUT2D eigenvalue weighted by molar-refractivity contribution is -0.153. The summed E-state index contributed by atoms with van der Waals surface area (Å²) in [6.45, 7) is 8.88. The number of ketones is 1. The number of Topliss-reactive ketones (excluding diaryl/α,β-unsaturated/α-hetero) is 1. The maximum atomic E-state index is 14.5. The molecule has 0 saturated carbocycles. The number of hydrogen-bond donors (Lipinski definition) is 0. The van der Waals surface area contributed by atoms with Crippen LogP contribution >= 0.6 is 0 Å². The van der Waals surface area contributed by atoms with Crippen LogP contribution in [0.25, 0.3) is 6.08 Å². The SMILES string of the molecule is Cc1cc(C)c2c(c1)/C=C/C[C@@H]1OC(C)(C)OC1C(=O)C(F)=CCC(C)OC2=O. The van der Waals surface area contributed by atoms with E-state index in [4.69, 9.17) is 14.2 Å². The van der Waals surface area contributed by atoms with Crippen LogP contribution < -0.4 is 0 Å². The monoisotopic (exact) mass is 402 g/mol. The minimum absolute atomic E-state index is 0.0844. The quantitative estimate of drug-likeness (QED) is 0.594. The number of carbonyl (C=O) groups is 2. The summed E-state index contributed by atoms with van der Waals surface area (Å²) in [4.78, 5) is 25.3. The summed E-state index contributed by atoms with van der Waals surface area (Å²) < 4.78 is 31.5. The Bertz CT molecular complexity index is 883. The average Bonchev–Trinajstić information content (AvgIpc) is 2.92. The van der Waals surface area contributed by atoms with E-state index in [1.165, 1.54) is 0 Å². The number of rotatable bonds is 0. The number of halogens is 1. The van der Waals surface area contributed by atoms with Crippen LogP contribution in [0.3, 0.4) is 0 Å². The minimum Gasteiger partial charge on any atom is -0.459 e. The van der Waals surface area contributed by atoms with Crippen molar-refractivity contribution in [2.75, 3.05) is 0 Å². The van der Waals surface area contributed by atoms with E-state index in [0.29, 0.717) is 12.0 Å². The van der Waals surface area contributed by atoms with Gasteiger partial charge in [-0.2, -0.15) is 0 Å². The molecule has 2 heterocycles. The minimum atomic E-state index is -1.02. The third-order valence-electron chi connectivity index (χ3n) is 4.99. The van der Waals surface area contributed by atoms with Gasteiger partial charge < -0.3 is 14.2 Å². The smallest absolute Gasteiger partial charge is 0.339 e. The van der Waals surface area contributed by atoms with Gasteiger partial charge in [-0.3, -0.25) is 4.79 Å². The summed E-state index contributed by atoms with van der Waals surface area (Å²) in [7, 11) is 0. The Kier molecular flexibility index (Phi) is 6.05. The fourth-order valence-corrected chi connectivity index (χ4v) is 3.77. The zero-order valence-electron chi connectivity index (χ0n) is 17.5. The molecule has 1 aromatic rings. The van der Waals surface area contributed by atoms with Crippen molar-refractivity contribution in [1.29, 1.82) is 0 Å². The summed E-state index contributed by atoms with van der Waals surface area (Å²) in [5, 5.41) is 0. The van der Waals surface area contributed by atoms with Crippen LogP contribution in [-0.2, 0) is 19.0 Å². The number of cyclic esters (lactones) is 1. The highest BCUT2D eigenvalue weighted by molar-refractivity contribution is 5.98. The predicted molar refractivity (Wildman–Crippen MR) is 107 cm³/mol. The molecule has 1 fully saturated rings. The average molecular weight is 402 g/mol. The van der Waals surface area contributed by atoms with Crippen molar-refractivity contribution in [2.45, 2.75) is 71.6 Å². The Hall–Kier alpha value is -2.31. The van der Waals surface area contributed by atoms with Crippen LogP contribution in [0, 0.1) is 13.8 Å². The summed E-state index contributed by atoms with van der Waals surface area (Å²) in [6.07, 6.45) is 2.98. The highest BCUT2D eigenvalue weighted by Crippen LogP contribution is 2.33. The van der Waals surface area contributed by atoms with Crippen molar-refractivity contribution in [1.82, 2.24) is 0 Å². The molecule has 3 rings (SSSR count). The highest BCUT2D eigenvalue weighted by atomic mass is 19.1. The molecular weight excluding hydrogens is 375 g/mol. The van der Waals surface area contributed by atoms with Crippen LogP contribution in [-0.4, -0.2) is 35.9 Å². The van der Waals surface area contributed by atoms with Crippen molar-refractivity contribution in [3.63, 3.8) is 0 Å². The molecule has 1 saturated heterocycles. The van der Waals surface area contributed by atoms with Gasteiger partial charge >= 0.3 is 5.97 Å². The fourth-order valence-electron chi connectivity index (χ4n) is 3.77. The van der Waals surface area contributed by atoms with E-state index < -0.39 is 41.7 Å². The molecule has 0 bridgehead atoms. The predicted octanol–water partition coefficient (Wildman–Crippen LogP) is 4.60. The van der Waals surface area contributed by atoms with Crippen molar-refractivity contribution >= 4 is 17.8 Å². The second-order valence-electron chi connectivity index (χ2n) is 8.15. The number of carbonyl (C=O) groups excluding carboxylic acids is 2. The van der Waals surface area contributed by atoms with Crippen molar-refractivity contribution in [3.05, 3.63) is 52.4 Å². The Morgan fingerprint density at radius 1 is 1.10 bits per heavy atom. The number of benzene rings is 1. The van der Waals surface area contributed by atoms with E-state index in [2.05, 4.69) is 0 Å². The van der Waals surface area contributed by atoms with Gasteiger partial charge in [-0.1, -0.05) is 29.8 Å². The van der Waals surface area contributed by atoms with Crippen molar-refractivity contribution in [2.24, 2.45) is 0 Å². The maximum Gasteiger partial charge on any atom is 0.339 e. The van der Waals surface area contributed by atoms with E-state index in [0.717, 1.165) is 22.8 Å². The fraction of sp³-hybridized carbons (Fsp3) is 0.478. The van der Waals surface area contributed by atoms with E-state index in [-0.39, 0.29) is 6.42 Å². The Balaban J connectivity index is 2.03. The molecule has 1 aromatic carbocycles. The van der Waals surface area contributed by atoms with Crippen molar-refractivity contribution < 1.29 is 28.2 Å². The number of fused-ring (bicyclic) bond motifs is 2. The van der Waals surface area contributed by atoms with Crippen LogP contribution in [0.2, 0.25) is 0 Å². The first-order chi connectivity index (χ1) is 13.6. The number of aryl methyl sites for hydroxylation is 2. The zero-order valence-corrected chi connectivity index (χ0v) is 17.5. The Morgan fingerprint density at radius 3 is 2.55 bits per heavy atom. The molecular formula is C23H27FO5. The van der Waals surface area contributed by atoms with Gasteiger partial charge in [-0.05, 0) is 58.2 Å². The van der Waals surface area contributed by atoms with Crippen LogP contribution in [0.4, 0.5) is 4.39 Å².